The van der Waals surface area contributed by atoms with Gasteiger partial charge in [-0.2, -0.15) is 0 Å². The van der Waals surface area contributed by atoms with Crippen LogP contribution in [0.2, 0.25) is 0 Å². The van der Waals surface area contributed by atoms with Gasteiger partial charge >= 0.3 is 0 Å². The molecule has 0 radical (unpaired) electrons. The maximum absolute atomic E-state index is 9.83. The molecule has 0 aliphatic carbocycles. The lowest BCUT2D eigenvalue weighted by atomic mass is 10.1. The highest BCUT2D eigenvalue weighted by molar-refractivity contribution is 5.95. The molecule has 0 saturated carbocycles. The third-order valence-electron chi connectivity index (χ3n) is 2.51. The van der Waals surface area contributed by atoms with Crippen LogP contribution in [0.25, 0.3) is 10.8 Å². The Bertz CT molecular complexity index is 706. The molecule has 6 nitrogen and oxygen atoms in total. The highest BCUT2D eigenvalue weighted by Gasteiger charge is 2.05. The minimum atomic E-state index is 0.0737. The maximum Gasteiger partial charge on any atom is 0.143 e. The average Bonchev–Trinajstić information content (AvgIpc) is 2.91. The minimum absolute atomic E-state index is 0.0737. The fourth-order valence-electron chi connectivity index (χ4n) is 1.69. The van der Waals surface area contributed by atoms with Gasteiger partial charge in [0.1, 0.15) is 11.4 Å². The molecule has 1 aromatic heterocycles. The van der Waals surface area contributed by atoms with Crippen LogP contribution < -0.4 is 0 Å². The van der Waals surface area contributed by atoms with Crippen molar-refractivity contribution in [1.82, 2.24) is 15.1 Å². The summed E-state index contributed by atoms with van der Waals surface area (Å²) in [5.74, 6) is 0.0737. The van der Waals surface area contributed by atoms with E-state index in [1.807, 2.05) is 30.3 Å². The predicted molar refractivity (Wildman–Crippen MR) is 65.5 cm³/mol. The fourth-order valence-corrected chi connectivity index (χ4v) is 1.69. The second kappa shape index (κ2) is 4.25. The Balaban J connectivity index is 2.13. The molecule has 0 atom stereocenters. The molecule has 3 aromatic rings. The van der Waals surface area contributed by atoms with Crippen molar-refractivity contribution in [3.05, 3.63) is 48.8 Å². The van der Waals surface area contributed by atoms with Gasteiger partial charge in [0, 0.05) is 5.39 Å². The number of rotatable bonds is 2. The van der Waals surface area contributed by atoms with Gasteiger partial charge in [0.25, 0.3) is 0 Å². The molecule has 0 aliphatic heterocycles. The van der Waals surface area contributed by atoms with Crippen molar-refractivity contribution in [3.8, 4) is 5.75 Å². The molecular weight excluding hydrogens is 230 g/mol. The number of benzene rings is 2. The lowest BCUT2D eigenvalue weighted by molar-refractivity contribution is 0.476. The molecule has 0 aliphatic rings. The van der Waals surface area contributed by atoms with E-state index in [2.05, 4.69) is 20.5 Å². The number of phenols is 1. The van der Waals surface area contributed by atoms with Crippen LogP contribution in [0.3, 0.4) is 0 Å². The van der Waals surface area contributed by atoms with Crippen LogP contribution in [0.5, 0.6) is 5.75 Å². The summed E-state index contributed by atoms with van der Waals surface area (Å²) in [6, 6.07) is 11.0. The van der Waals surface area contributed by atoms with Crippen molar-refractivity contribution in [1.29, 1.82) is 0 Å². The molecule has 1 heterocycles. The summed E-state index contributed by atoms with van der Waals surface area (Å²) in [5.41, 5.74) is 0.408. The number of hydrogen-bond donors (Lipinski definition) is 1. The number of aromatic hydroxyl groups is 1. The van der Waals surface area contributed by atoms with Gasteiger partial charge in [0.05, 0.1) is 12.4 Å². The Labute approximate surface area is 102 Å². The molecule has 0 amide bonds. The van der Waals surface area contributed by atoms with Gasteiger partial charge in [-0.3, -0.25) is 0 Å². The van der Waals surface area contributed by atoms with Crippen LogP contribution in [-0.4, -0.2) is 20.2 Å². The van der Waals surface area contributed by atoms with Gasteiger partial charge in [0.2, 0.25) is 0 Å². The second-order valence-corrected chi connectivity index (χ2v) is 3.64. The van der Waals surface area contributed by atoms with Crippen molar-refractivity contribution < 1.29 is 5.11 Å². The Morgan fingerprint density at radius 3 is 2.61 bits per heavy atom. The highest BCUT2D eigenvalue weighted by atomic mass is 16.3. The summed E-state index contributed by atoms with van der Waals surface area (Å²) in [6.07, 6.45) is 3.00. The molecule has 6 heteroatoms. The molecule has 0 unspecified atom stereocenters. The van der Waals surface area contributed by atoms with Crippen LogP contribution in [0.1, 0.15) is 0 Å². The first-order valence-electron chi connectivity index (χ1n) is 5.33. The zero-order valence-corrected chi connectivity index (χ0v) is 9.30. The van der Waals surface area contributed by atoms with Gasteiger partial charge in [-0.05, 0) is 21.6 Å². The molecule has 0 fully saturated rings. The van der Waals surface area contributed by atoms with Gasteiger partial charge in [-0.25, -0.2) is 0 Å². The zero-order chi connectivity index (χ0) is 12.4. The zero-order valence-electron chi connectivity index (χ0n) is 9.30. The SMILES string of the molecule is Oc1ccc2ccccc2c1/N=N/n1nccn1. The second-order valence-electron chi connectivity index (χ2n) is 3.64. The van der Waals surface area contributed by atoms with Crippen molar-refractivity contribution in [3.63, 3.8) is 0 Å². The van der Waals surface area contributed by atoms with Crippen molar-refractivity contribution in [2.24, 2.45) is 10.3 Å². The topological polar surface area (TPSA) is 75.7 Å². The number of fused-ring (bicyclic) bond motifs is 1. The number of hydrogen-bond acceptors (Lipinski definition) is 5. The first kappa shape index (κ1) is 10.4. The number of phenolic OH excluding ortho intramolecular Hbond substituents is 1. The largest absolute Gasteiger partial charge is 0.506 e. The van der Waals surface area contributed by atoms with E-state index in [1.165, 1.54) is 12.4 Å². The summed E-state index contributed by atoms with van der Waals surface area (Å²) in [5, 5.41) is 27.0. The molecule has 1 N–H and O–H groups in total. The molecular formula is C12H9N5O. The Hall–Kier alpha value is -2.76. The van der Waals surface area contributed by atoms with Crippen LogP contribution in [0.15, 0.2) is 59.1 Å². The molecule has 88 valence electrons. The number of aromatic nitrogens is 3. The fraction of sp³-hybridized carbons (Fsp3) is 0. The quantitative estimate of drug-likeness (QED) is 0.698. The predicted octanol–water partition coefficient (Wildman–Crippen LogP) is 2.68. The van der Waals surface area contributed by atoms with E-state index in [0.29, 0.717) is 5.69 Å². The molecule has 2 aromatic carbocycles. The highest BCUT2D eigenvalue weighted by Crippen LogP contribution is 2.34. The van der Waals surface area contributed by atoms with Crippen molar-refractivity contribution in [2.45, 2.75) is 0 Å². The monoisotopic (exact) mass is 239 g/mol. The van der Waals surface area contributed by atoms with Crippen LogP contribution in [0.4, 0.5) is 5.69 Å². The molecule has 0 bridgehead atoms. The van der Waals surface area contributed by atoms with Gasteiger partial charge < -0.3 is 5.11 Å². The molecule has 18 heavy (non-hydrogen) atoms. The van der Waals surface area contributed by atoms with E-state index in [0.717, 1.165) is 15.7 Å². The van der Waals surface area contributed by atoms with Crippen LogP contribution in [-0.2, 0) is 0 Å². The summed E-state index contributed by atoms with van der Waals surface area (Å²) < 4.78 is 0. The summed E-state index contributed by atoms with van der Waals surface area (Å²) in [4.78, 5) is 1.08. The molecule has 0 saturated heterocycles. The normalized spacial score (nSPS) is 11.3. The Morgan fingerprint density at radius 2 is 1.78 bits per heavy atom. The summed E-state index contributed by atoms with van der Waals surface area (Å²) in [6.45, 7) is 0. The molecule has 3 rings (SSSR count). The first-order chi connectivity index (χ1) is 8.84. The van der Waals surface area contributed by atoms with Crippen molar-refractivity contribution >= 4 is 16.5 Å². The van der Waals surface area contributed by atoms with E-state index in [4.69, 9.17) is 0 Å². The summed E-state index contributed by atoms with van der Waals surface area (Å²) in [7, 11) is 0. The average molecular weight is 239 g/mol. The van der Waals surface area contributed by atoms with E-state index < -0.39 is 0 Å². The van der Waals surface area contributed by atoms with E-state index in [9.17, 15) is 5.11 Å². The van der Waals surface area contributed by atoms with Gasteiger partial charge in [0.15, 0.2) is 0 Å². The summed E-state index contributed by atoms with van der Waals surface area (Å²) >= 11 is 0. The van der Waals surface area contributed by atoms with E-state index >= 15 is 0 Å². The lowest BCUT2D eigenvalue weighted by Gasteiger charge is -2.02. The lowest BCUT2D eigenvalue weighted by Crippen LogP contribution is -1.90. The van der Waals surface area contributed by atoms with Crippen molar-refractivity contribution in [2.75, 3.05) is 0 Å². The van der Waals surface area contributed by atoms with Gasteiger partial charge in [-0.1, -0.05) is 30.3 Å². The Morgan fingerprint density at radius 1 is 1.00 bits per heavy atom. The van der Waals surface area contributed by atoms with Gasteiger partial charge in [-0.15, -0.1) is 15.3 Å². The minimum Gasteiger partial charge on any atom is -0.506 e. The third kappa shape index (κ3) is 1.80. The first-order valence-corrected chi connectivity index (χ1v) is 5.33. The van der Waals surface area contributed by atoms with Crippen LogP contribution in [0, 0.1) is 0 Å². The molecule has 0 spiro atoms. The Kier molecular flexibility index (Phi) is 2.45. The number of nitrogens with zero attached hydrogens (tertiary/aromatic N) is 5. The standard InChI is InChI=1S/C12H9N5O/c18-11-6-5-9-3-1-2-4-10(9)12(11)15-16-17-13-7-8-14-17/h1-8,18H/b16-15+. The third-order valence-corrected chi connectivity index (χ3v) is 2.51. The van der Waals surface area contributed by atoms with E-state index in [1.54, 1.807) is 6.07 Å². The van der Waals surface area contributed by atoms with E-state index in [-0.39, 0.29) is 5.75 Å². The maximum atomic E-state index is 9.83. The smallest absolute Gasteiger partial charge is 0.143 e. The van der Waals surface area contributed by atoms with Crippen LogP contribution >= 0.6 is 0 Å².